The second-order valence-electron chi connectivity index (χ2n) is 4.24. The summed E-state index contributed by atoms with van der Waals surface area (Å²) >= 11 is 0. The van der Waals surface area contributed by atoms with Crippen LogP contribution in [0, 0.1) is 15.9 Å². The molecule has 1 aromatic carbocycles. The van der Waals surface area contributed by atoms with E-state index in [1.165, 1.54) is 7.11 Å². The number of aromatic carboxylic acids is 1. The zero-order chi connectivity index (χ0) is 15.3. The molecule has 0 bridgehead atoms. The van der Waals surface area contributed by atoms with Crippen molar-refractivity contribution in [2.24, 2.45) is 0 Å². The van der Waals surface area contributed by atoms with E-state index >= 15 is 0 Å². The Balaban J connectivity index is 3.06. The maximum absolute atomic E-state index is 13.7. The first-order valence-electron chi connectivity index (χ1n) is 5.83. The molecule has 8 heteroatoms. The largest absolute Gasteiger partial charge is 0.477 e. The first kappa shape index (κ1) is 15.8. The van der Waals surface area contributed by atoms with E-state index in [4.69, 9.17) is 9.84 Å². The van der Waals surface area contributed by atoms with Gasteiger partial charge < -0.3 is 15.2 Å². The summed E-state index contributed by atoms with van der Waals surface area (Å²) in [7, 11) is 1.53. The Bertz CT molecular complexity index is 521. The molecule has 7 nitrogen and oxygen atoms in total. The maximum Gasteiger partial charge on any atom is 0.342 e. The highest BCUT2D eigenvalue weighted by molar-refractivity contribution is 5.93. The van der Waals surface area contributed by atoms with Gasteiger partial charge in [0.25, 0.3) is 5.69 Å². The van der Waals surface area contributed by atoms with Crippen LogP contribution in [0.3, 0.4) is 0 Å². The van der Waals surface area contributed by atoms with E-state index in [0.717, 1.165) is 6.07 Å². The van der Waals surface area contributed by atoms with Crippen molar-refractivity contribution in [1.82, 2.24) is 0 Å². The molecule has 0 aliphatic heterocycles. The van der Waals surface area contributed by atoms with Gasteiger partial charge in [0.1, 0.15) is 5.56 Å². The lowest BCUT2D eigenvalue weighted by molar-refractivity contribution is -0.385. The fourth-order valence-electron chi connectivity index (χ4n) is 1.63. The Morgan fingerprint density at radius 1 is 1.60 bits per heavy atom. The molecule has 2 N–H and O–H groups in total. The number of hydrogen-bond donors (Lipinski definition) is 2. The first-order chi connectivity index (χ1) is 9.36. The van der Waals surface area contributed by atoms with E-state index in [1.54, 1.807) is 6.92 Å². The molecule has 0 aromatic heterocycles. The van der Waals surface area contributed by atoms with Crippen LogP contribution >= 0.6 is 0 Å². The number of carbonyl (C=O) groups is 1. The summed E-state index contributed by atoms with van der Waals surface area (Å²) in [4.78, 5) is 20.7. The van der Waals surface area contributed by atoms with Crippen LogP contribution in [-0.2, 0) is 4.74 Å². The van der Waals surface area contributed by atoms with Crippen LogP contribution in [0.4, 0.5) is 15.8 Å². The monoisotopic (exact) mass is 286 g/mol. The molecule has 1 unspecified atom stereocenters. The number of hydrogen-bond acceptors (Lipinski definition) is 5. The van der Waals surface area contributed by atoms with Crippen molar-refractivity contribution in [1.29, 1.82) is 0 Å². The fourth-order valence-corrected chi connectivity index (χ4v) is 1.63. The summed E-state index contributed by atoms with van der Waals surface area (Å²) < 4.78 is 18.6. The van der Waals surface area contributed by atoms with Crippen LogP contribution in [0.15, 0.2) is 12.1 Å². The van der Waals surface area contributed by atoms with Crippen LogP contribution in [0.25, 0.3) is 0 Å². The minimum absolute atomic E-state index is 0.0865. The molecular formula is C12H15FN2O5. The molecule has 0 aliphatic carbocycles. The molecule has 0 amide bonds. The topological polar surface area (TPSA) is 102 Å². The van der Waals surface area contributed by atoms with Gasteiger partial charge in [-0.1, -0.05) is 0 Å². The van der Waals surface area contributed by atoms with Crippen LogP contribution in [0.1, 0.15) is 23.7 Å². The Labute approximate surface area is 114 Å². The summed E-state index contributed by atoms with van der Waals surface area (Å²) in [6.45, 7) is 2.22. The van der Waals surface area contributed by atoms with Crippen molar-refractivity contribution in [3.63, 3.8) is 0 Å². The van der Waals surface area contributed by atoms with Crippen LogP contribution in [0.5, 0.6) is 0 Å². The Morgan fingerprint density at radius 2 is 2.25 bits per heavy atom. The third-order valence-corrected chi connectivity index (χ3v) is 2.67. The number of nitrogens with one attached hydrogen (secondary N) is 1. The number of ether oxygens (including phenoxy) is 1. The summed E-state index contributed by atoms with van der Waals surface area (Å²) in [6.07, 6.45) is 0.579. The summed E-state index contributed by atoms with van der Waals surface area (Å²) in [6, 6.07) is 1.36. The molecule has 20 heavy (non-hydrogen) atoms. The van der Waals surface area contributed by atoms with E-state index < -0.39 is 28.0 Å². The number of methoxy groups -OCH3 is 1. The van der Waals surface area contributed by atoms with Gasteiger partial charge in [0.2, 0.25) is 0 Å². The first-order valence-corrected chi connectivity index (χ1v) is 5.83. The van der Waals surface area contributed by atoms with Gasteiger partial charge in [-0.25, -0.2) is 9.18 Å². The van der Waals surface area contributed by atoms with Crippen LogP contribution in [0.2, 0.25) is 0 Å². The molecule has 0 radical (unpaired) electrons. The van der Waals surface area contributed by atoms with Gasteiger partial charge in [-0.05, 0) is 19.4 Å². The van der Waals surface area contributed by atoms with Gasteiger partial charge in [0.05, 0.1) is 16.7 Å². The van der Waals surface area contributed by atoms with Gasteiger partial charge in [-0.3, -0.25) is 10.1 Å². The highest BCUT2D eigenvalue weighted by atomic mass is 19.1. The number of carboxylic acid groups (broad SMARTS) is 1. The summed E-state index contributed by atoms with van der Waals surface area (Å²) in [5.74, 6) is -2.35. The van der Waals surface area contributed by atoms with E-state index in [-0.39, 0.29) is 11.7 Å². The lowest BCUT2D eigenvalue weighted by Gasteiger charge is -2.15. The number of rotatable bonds is 7. The van der Waals surface area contributed by atoms with Crippen molar-refractivity contribution in [3.05, 3.63) is 33.6 Å². The van der Waals surface area contributed by atoms with E-state index in [9.17, 15) is 19.3 Å². The van der Waals surface area contributed by atoms with Gasteiger partial charge in [0, 0.05) is 19.8 Å². The molecule has 0 fully saturated rings. The van der Waals surface area contributed by atoms with E-state index in [2.05, 4.69) is 5.32 Å². The maximum atomic E-state index is 13.7. The van der Waals surface area contributed by atoms with E-state index in [0.29, 0.717) is 19.1 Å². The number of nitro benzene ring substituents is 1. The van der Waals surface area contributed by atoms with Gasteiger partial charge in [0.15, 0.2) is 5.82 Å². The second kappa shape index (κ2) is 6.80. The number of carboxylic acids is 1. The third-order valence-electron chi connectivity index (χ3n) is 2.67. The second-order valence-corrected chi connectivity index (χ2v) is 4.24. The molecule has 0 heterocycles. The summed E-state index contributed by atoms with van der Waals surface area (Å²) in [5, 5.41) is 22.4. The van der Waals surface area contributed by atoms with Crippen LogP contribution in [-0.4, -0.2) is 35.8 Å². The predicted molar refractivity (Wildman–Crippen MR) is 69.6 cm³/mol. The number of anilines is 1. The number of halogens is 1. The minimum Gasteiger partial charge on any atom is -0.477 e. The van der Waals surface area contributed by atoms with Gasteiger partial charge >= 0.3 is 5.97 Å². The Hall–Kier alpha value is -2.22. The molecule has 1 rings (SSSR count). The molecule has 1 aromatic rings. The minimum atomic E-state index is -1.48. The number of nitro groups is 1. The molecule has 0 saturated heterocycles. The summed E-state index contributed by atoms with van der Waals surface area (Å²) in [5.41, 5.74) is -1.42. The highest BCUT2D eigenvalue weighted by Gasteiger charge is 2.23. The molecule has 0 spiro atoms. The van der Waals surface area contributed by atoms with Gasteiger partial charge in [-0.2, -0.15) is 0 Å². The smallest absolute Gasteiger partial charge is 0.342 e. The SMILES string of the molecule is COCCC(C)Nc1cc(C(=O)O)c([N+](=O)[O-])cc1F. The van der Waals surface area contributed by atoms with Gasteiger partial charge in [-0.15, -0.1) is 0 Å². The predicted octanol–water partition coefficient (Wildman–Crippen LogP) is 2.27. The zero-order valence-corrected chi connectivity index (χ0v) is 11.1. The average molecular weight is 286 g/mol. The fraction of sp³-hybridized carbons (Fsp3) is 0.417. The zero-order valence-electron chi connectivity index (χ0n) is 11.1. The molecule has 0 saturated carbocycles. The quantitative estimate of drug-likeness (QED) is 0.589. The van der Waals surface area contributed by atoms with Crippen molar-refractivity contribution in [2.75, 3.05) is 19.0 Å². The molecule has 110 valence electrons. The standard InChI is InChI=1S/C12H15FN2O5/c1-7(3-4-20-2)14-10-5-8(12(16)17)11(15(18)19)6-9(10)13/h5-7,14H,3-4H2,1-2H3,(H,16,17). The van der Waals surface area contributed by atoms with Crippen molar-refractivity contribution in [3.8, 4) is 0 Å². The van der Waals surface area contributed by atoms with E-state index in [1.807, 2.05) is 0 Å². The lowest BCUT2D eigenvalue weighted by atomic mass is 10.1. The molecule has 0 aliphatic rings. The van der Waals surface area contributed by atoms with Crippen molar-refractivity contribution < 1.29 is 24.0 Å². The van der Waals surface area contributed by atoms with Crippen LogP contribution < -0.4 is 5.32 Å². The van der Waals surface area contributed by atoms with Crippen molar-refractivity contribution in [2.45, 2.75) is 19.4 Å². The number of nitrogens with zero attached hydrogens (tertiary/aromatic N) is 1. The third kappa shape index (κ3) is 3.89. The Morgan fingerprint density at radius 3 is 2.75 bits per heavy atom. The normalized spacial score (nSPS) is 11.9. The average Bonchev–Trinajstić information content (AvgIpc) is 2.37. The molecule has 1 atom stereocenters. The van der Waals surface area contributed by atoms with Crippen molar-refractivity contribution >= 4 is 17.3 Å². The Kier molecular flexibility index (Phi) is 5.39. The lowest BCUT2D eigenvalue weighted by Crippen LogP contribution is -2.18. The highest BCUT2D eigenvalue weighted by Crippen LogP contribution is 2.26. The molecular weight excluding hydrogens is 271 g/mol. The number of benzene rings is 1.